The Kier molecular flexibility index (Phi) is 9.63. The summed E-state index contributed by atoms with van der Waals surface area (Å²) in [7, 11) is 0. The summed E-state index contributed by atoms with van der Waals surface area (Å²) in [6, 6.07) is 14.0. The van der Waals surface area contributed by atoms with Crippen LogP contribution in [0.25, 0.3) is 0 Å². The summed E-state index contributed by atoms with van der Waals surface area (Å²) in [5, 5.41) is 20.2. The summed E-state index contributed by atoms with van der Waals surface area (Å²) in [4.78, 5) is 2.53. The second-order valence-corrected chi connectivity index (χ2v) is 8.02. The Hall–Kier alpha value is -1.12. The molecule has 0 saturated carbocycles. The molecule has 0 amide bonds. The van der Waals surface area contributed by atoms with E-state index in [0.717, 1.165) is 50.0 Å². The number of ether oxygens (including phenoxy) is 1. The van der Waals surface area contributed by atoms with Crippen molar-refractivity contribution in [1.82, 2.24) is 4.90 Å². The zero-order valence-corrected chi connectivity index (χ0v) is 20.5. The standard InChI is InChI=1S/C23H30N2O3.2BrH/c24-15-22-18-6-7-20(26)23(27)19(18)14-21(28-22)17-9-12-25(13-10-17)11-8-16-4-2-1-3-5-16;;/h1-7,17,21-22,26-27H,8-15,24H2;2*1H/t21-,22-;;/m0../s1. The largest absolute Gasteiger partial charge is 0.504 e. The first-order valence-corrected chi connectivity index (χ1v) is 10.3. The second-order valence-electron chi connectivity index (χ2n) is 8.02. The molecule has 1 fully saturated rings. The van der Waals surface area contributed by atoms with Crippen molar-refractivity contribution in [3.05, 3.63) is 59.2 Å². The van der Waals surface area contributed by atoms with Crippen LogP contribution in [-0.2, 0) is 17.6 Å². The summed E-state index contributed by atoms with van der Waals surface area (Å²) in [5.41, 5.74) is 9.04. The van der Waals surface area contributed by atoms with E-state index in [1.54, 1.807) is 0 Å². The lowest BCUT2D eigenvalue weighted by Gasteiger charge is -2.40. The van der Waals surface area contributed by atoms with E-state index < -0.39 is 0 Å². The average Bonchev–Trinajstić information content (AvgIpc) is 2.75. The minimum atomic E-state index is -0.212. The summed E-state index contributed by atoms with van der Waals surface area (Å²) >= 11 is 0. The number of nitrogens with zero attached hydrogens (tertiary/aromatic N) is 1. The molecule has 2 heterocycles. The van der Waals surface area contributed by atoms with E-state index in [9.17, 15) is 10.2 Å². The molecule has 166 valence electrons. The van der Waals surface area contributed by atoms with Crippen molar-refractivity contribution in [3.63, 3.8) is 0 Å². The van der Waals surface area contributed by atoms with Gasteiger partial charge in [0, 0.05) is 25.1 Å². The van der Waals surface area contributed by atoms with Crippen LogP contribution in [0.2, 0.25) is 0 Å². The molecule has 0 aliphatic carbocycles. The van der Waals surface area contributed by atoms with Crippen LogP contribution in [-0.4, -0.2) is 47.4 Å². The molecule has 0 bridgehead atoms. The lowest BCUT2D eigenvalue weighted by atomic mass is 9.83. The molecule has 2 aliphatic rings. The Morgan fingerprint density at radius 2 is 1.70 bits per heavy atom. The molecule has 0 spiro atoms. The summed E-state index contributed by atoms with van der Waals surface area (Å²) in [6.45, 7) is 3.61. The topological polar surface area (TPSA) is 79.0 Å². The van der Waals surface area contributed by atoms with Crippen LogP contribution in [0.3, 0.4) is 0 Å². The number of phenols is 2. The number of aromatic hydroxyl groups is 2. The number of phenolic OH excluding ortho intramolecular Hbond substituents is 2. The Labute approximate surface area is 199 Å². The number of nitrogens with two attached hydrogens (primary N) is 1. The van der Waals surface area contributed by atoms with Gasteiger partial charge in [-0.15, -0.1) is 34.0 Å². The van der Waals surface area contributed by atoms with Crippen LogP contribution in [0, 0.1) is 5.92 Å². The van der Waals surface area contributed by atoms with Gasteiger partial charge in [0.1, 0.15) is 0 Å². The van der Waals surface area contributed by atoms with Gasteiger partial charge in [-0.2, -0.15) is 0 Å². The van der Waals surface area contributed by atoms with Crippen LogP contribution < -0.4 is 5.73 Å². The van der Waals surface area contributed by atoms with Gasteiger partial charge in [-0.05, 0) is 55.5 Å². The highest BCUT2D eigenvalue weighted by molar-refractivity contribution is 8.93. The molecule has 30 heavy (non-hydrogen) atoms. The summed E-state index contributed by atoms with van der Waals surface area (Å²) < 4.78 is 6.32. The van der Waals surface area contributed by atoms with Crippen LogP contribution in [0.5, 0.6) is 11.5 Å². The highest BCUT2D eigenvalue weighted by Gasteiger charge is 2.35. The molecule has 1 saturated heterocycles. The van der Waals surface area contributed by atoms with E-state index in [2.05, 4.69) is 35.2 Å². The number of hydrogen-bond acceptors (Lipinski definition) is 5. The highest BCUT2D eigenvalue weighted by Crippen LogP contribution is 2.42. The quantitative estimate of drug-likeness (QED) is 0.494. The predicted octanol–water partition coefficient (Wildman–Crippen LogP) is 4.15. The third kappa shape index (κ3) is 5.56. The number of fused-ring (bicyclic) bond motifs is 1. The summed E-state index contributed by atoms with van der Waals surface area (Å²) in [5.74, 6) is 0.382. The molecule has 0 aromatic heterocycles. The van der Waals surface area contributed by atoms with Crippen molar-refractivity contribution in [3.8, 4) is 11.5 Å². The molecule has 4 N–H and O–H groups in total. The van der Waals surface area contributed by atoms with Gasteiger partial charge in [0.05, 0.1) is 12.2 Å². The molecular weight excluding hydrogens is 512 g/mol. The first-order valence-electron chi connectivity index (χ1n) is 10.3. The Balaban J connectivity index is 0.00000160. The van der Waals surface area contributed by atoms with Crippen molar-refractivity contribution >= 4 is 34.0 Å². The molecule has 7 heteroatoms. The zero-order valence-electron chi connectivity index (χ0n) is 17.1. The zero-order chi connectivity index (χ0) is 19.5. The maximum Gasteiger partial charge on any atom is 0.161 e. The SMILES string of the molecule is Br.Br.NC[C@@H]1O[C@H](C2CCN(CCc3ccccc3)CC2)Cc2c1ccc(O)c2O. The molecule has 2 aromatic rings. The van der Waals surface area contributed by atoms with Crippen molar-refractivity contribution in [1.29, 1.82) is 0 Å². The Bertz CT molecular complexity index is 799. The number of piperidine rings is 1. The molecular formula is C23H32Br2N2O3. The van der Waals surface area contributed by atoms with Gasteiger partial charge in [-0.3, -0.25) is 0 Å². The maximum atomic E-state index is 10.3. The monoisotopic (exact) mass is 542 g/mol. The number of hydrogen-bond donors (Lipinski definition) is 3. The average molecular weight is 544 g/mol. The normalized spacial score (nSPS) is 21.9. The molecule has 0 radical (unpaired) electrons. The lowest BCUT2D eigenvalue weighted by Crippen LogP contribution is -2.42. The van der Waals surface area contributed by atoms with Crippen LogP contribution in [0.4, 0.5) is 0 Å². The van der Waals surface area contributed by atoms with Gasteiger partial charge in [-0.1, -0.05) is 36.4 Å². The number of rotatable bonds is 5. The maximum absolute atomic E-state index is 10.3. The van der Waals surface area contributed by atoms with Gasteiger partial charge in [0.25, 0.3) is 0 Å². The van der Waals surface area contributed by atoms with E-state index in [1.165, 1.54) is 11.6 Å². The van der Waals surface area contributed by atoms with Gasteiger partial charge in [0.15, 0.2) is 11.5 Å². The first-order chi connectivity index (χ1) is 13.7. The third-order valence-corrected chi connectivity index (χ3v) is 6.32. The van der Waals surface area contributed by atoms with Crippen molar-refractivity contribution < 1.29 is 14.9 Å². The second kappa shape index (κ2) is 11.5. The van der Waals surface area contributed by atoms with E-state index in [-0.39, 0.29) is 57.7 Å². The van der Waals surface area contributed by atoms with Crippen molar-refractivity contribution in [2.45, 2.75) is 37.9 Å². The number of likely N-dealkylation sites (tertiary alicyclic amines) is 1. The van der Waals surface area contributed by atoms with Crippen LogP contribution >= 0.6 is 34.0 Å². The van der Waals surface area contributed by atoms with Crippen molar-refractivity contribution in [2.24, 2.45) is 11.7 Å². The minimum absolute atomic E-state index is 0. The summed E-state index contributed by atoms with van der Waals surface area (Å²) in [6.07, 6.45) is 3.74. The van der Waals surface area contributed by atoms with Crippen LogP contribution in [0.15, 0.2) is 42.5 Å². The van der Waals surface area contributed by atoms with E-state index in [4.69, 9.17) is 10.5 Å². The third-order valence-electron chi connectivity index (χ3n) is 6.32. The molecule has 5 nitrogen and oxygen atoms in total. The fraction of sp³-hybridized carbons (Fsp3) is 0.478. The molecule has 2 atom stereocenters. The molecule has 0 unspecified atom stereocenters. The molecule has 4 rings (SSSR count). The molecule has 2 aliphatic heterocycles. The minimum Gasteiger partial charge on any atom is -0.504 e. The van der Waals surface area contributed by atoms with E-state index >= 15 is 0 Å². The molecule has 2 aromatic carbocycles. The lowest BCUT2D eigenvalue weighted by molar-refractivity contribution is -0.0646. The Morgan fingerprint density at radius 1 is 1.00 bits per heavy atom. The fourth-order valence-electron chi connectivity index (χ4n) is 4.63. The highest BCUT2D eigenvalue weighted by atomic mass is 79.9. The van der Waals surface area contributed by atoms with E-state index in [1.807, 2.05) is 6.07 Å². The first kappa shape index (κ1) is 25.1. The smallest absolute Gasteiger partial charge is 0.161 e. The fourth-order valence-corrected chi connectivity index (χ4v) is 4.63. The van der Waals surface area contributed by atoms with Crippen LogP contribution in [0.1, 0.15) is 35.6 Å². The number of halogens is 2. The van der Waals surface area contributed by atoms with Gasteiger partial charge in [0.2, 0.25) is 0 Å². The van der Waals surface area contributed by atoms with Gasteiger partial charge in [-0.25, -0.2) is 0 Å². The van der Waals surface area contributed by atoms with E-state index in [0.29, 0.717) is 18.9 Å². The number of benzene rings is 2. The van der Waals surface area contributed by atoms with Gasteiger partial charge >= 0.3 is 0 Å². The van der Waals surface area contributed by atoms with Gasteiger partial charge < -0.3 is 25.6 Å². The Morgan fingerprint density at radius 3 is 2.37 bits per heavy atom. The van der Waals surface area contributed by atoms with Crippen molar-refractivity contribution in [2.75, 3.05) is 26.2 Å². The predicted molar refractivity (Wildman–Crippen MR) is 130 cm³/mol.